The zero-order chi connectivity index (χ0) is 28.3. The lowest BCUT2D eigenvalue weighted by Gasteiger charge is -2.41. The van der Waals surface area contributed by atoms with Crippen molar-refractivity contribution in [2.24, 2.45) is 0 Å². The molecule has 0 saturated heterocycles. The second kappa shape index (κ2) is 11.3. The van der Waals surface area contributed by atoms with Crippen molar-refractivity contribution >= 4 is 11.6 Å². The normalized spacial score (nSPS) is 14.3. The molecule has 4 aromatic rings. The molecule has 4 aromatic carbocycles. The number of rotatable bonds is 8. The van der Waals surface area contributed by atoms with E-state index < -0.39 is 5.41 Å². The lowest BCUT2D eigenvalue weighted by molar-refractivity contribution is 0.102. The Labute approximate surface area is 233 Å². The van der Waals surface area contributed by atoms with Crippen LogP contribution in [0.1, 0.15) is 75.1 Å². The largest absolute Gasteiger partial charge is 0.507 e. The number of ether oxygens (including phenoxy) is 2. The Morgan fingerprint density at radius 3 is 1.38 bits per heavy atom. The molecule has 0 unspecified atom stereocenters. The van der Waals surface area contributed by atoms with Gasteiger partial charge in [-0.05, 0) is 37.1 Å². The first-order valence-electron chi connectivity index (χ1n) is 13.4. The molecular weight excluding hydrogens is 504 g/mol. The molecule has 5 rings (SSSR count). The average molecular weight is 537 g/mol. The maximum atomic E-state index is 13.5. The highest BCUT2D eigenvalue weighted by Gasteiger charge is 2.45. The summed E-state index contributed by atoms with van der Waals surface area (Å²) in [6.45, 7) is 0. The summed E-state index contributed by atoms with van der Waals surface area (Å²) < 4.78 is 11.5. The number of hydrogen-bond donors (Lipinski definition) is 2. The van der Waals surface area contributed by atoms with E-state index in [2.05, 4.69) is 0 Å². The molecule has 0 amide bonds. The number of ketones is 2. The lowest BCUT2D eigenvalue weighted by atomic mass is 9.63. The van der Waals surface area contributed by atoms with Crippen molar-refractivity contribution in [1.82, 2.24) is 0 Å². The van der Waals surface area contributed by atoms with Gasteiger partial charge in [0.05, 0.1) is 25.3 Å². The summed E-state index contributed by atoms with van der Waals surface area (Å²) in [6.07, 6.45) is 3.68. The monoisotopic (exact) mass is 536 g/mol. The molecule has 0 radical (unpaired) electrons. The van der Waals surface area contributed by atoms with Crippen LogP contribution in [0.4, 0.5) is 0 Å². The number of hydrogen-bond acceptors (Lipinski definition) is 6. The van der Waals surface area contributed by atoms with Crippen molar-refractivity contribution in [2.75, 3.05) is 14.2 Å². The van der Waals surface area contributed by atoms with Crippen LogP contribution in [0.5, 0.6) is 23.0 Å². The van der Waals surface area contributed by atoms with Crippen molar-refractivity contribution in [1.29, 1.82) is 0 Å². The Hall–Kier alpha value is -4.58. The SMILES string of the molecule is COc1ccc(C(=O)c2ccccc2)c(O)c1C1(c2c(OC)ccc(C(=O)c3ccccc3)c2O)CCCCC1. The third-order valence-corrected chi connectivity index (χ3v) is 7.94. The summed E-state index contributed by atoms with van der Waals surface area (Å²) >= 11 is 0. The summed E-state index contributed by atoms with van der Waals surface area (Å²) in [5.74, 6) is -0.252. The molecule has 0 atom stereocenters. The van der Waals surface area contributed by atoms with E-state index in [9.17, 15) is 19.8 Å². The minimum atomic E-state index is -0.983. The summed E-state index contributed by atoms with van der Waals surface area (Å²) in [7, 11) is 3.03. The van der Waals surface area contributed by atoms with Crippen LogP contribution in [0.3, 0.4) is 0 Å². The molecule has 1 fully saturated rings. The van der Waals surface area contributed by atoms with E-state index >= 15 is 0 Å². The third kappa shape index (κ3) is 4.60. The summed E-state index contributed by atoms with van der Waals surface area (Å²) in [5, 5.41) is 23.7. The fraction of sp³-hybridized carbons (Fsp3) is 0.235. The van der Waals surface area contributed by atoms with E-state index in [0.717, 1.165) is 19.3 Å². The Balaban J connectivity index is 1.77. The first-order chi connectivity index (χ1) is 19.4. The summed E-state index contributed by atoms with van der Waals surface area (Å²) in [5.41, 5.74) is 1.01. The predicted octanol–water partition coefficient (Wildman–Crippen LogP) is 6.83. The van der Waals surface area contributed by atoms with Gasteiger partial charge in [-0.3, -0.25) is 9.59 Å². The van der Waals surface area contributed by atoms with Crippen molar-refractivity contribution in [3.8, 4) is 23.0 Å². The molecule has 0 bridgehead atoms. The molecule has 0 aromatic heterocycles. The van der Waals surface area contributed by atoms with Gasteiger partial charge in [0.25, 0.3) is 0 Å². The van der Waals surface area contributed by atoms with Gasteiger partial charge in [-0.2, -0.15) is 0 Å². The van der Waals surface area contributed by atoms with Gasteiger partial charge in [0.15, 0.2) is 11.6 Å². The standard InChI is InChI=1S/C34H32O6/c1-39-26-18-16-24(30(35)22-12-6-3-7-13-22)32(37)28(26)34(20-10-5-11-21-34)29-27(40-2)19-17-25(33(29)38)31(36)23-14-8-4-9-15-23/h3-4,6-9,12-19,37-38H,5,10-11,20-21H2,1-2H3. The molecule has 0 heterocycles. The Bertz CT molecular complexity index is 1430. The fourth-order valence-electron chi connectivity index (χ4n) is 6.05. The highest BCUT2D eigenvalue weighted by Crippen LogP contribution is 2.57. The van der Waals surface area contributed by atoms with Gasteiger partial charge in [-0.25, -0.2) is 0 Å². The van der Waals surface area contributed by atoms with Gasteiger partial charge in [0.1, 0.15) is 23.0 Å². The van der Waals surface area contributed by atoms with E-state index in [1.165, 1.54) is 14.2 Å². The average Bonchev–Trinajstić information content (AvgIpc) is 3.01. The van der Waals surface area contributed by atoms with Crippen LogP contribution in [0, 0.1) is 0 Å². The summed E-state index contributed by atoms with van der Waals surface area (Å²) in [6, 6.07) is 24.1. The summed E-state index contributed by atoms with van der Waals surface area (Å²) in [4.78, 5) is 27.0. The van der Waals surface area contributed by atoms with Gasteiger partial charge in [0, 0.05) is 27.7 Å². The Morgan fingerprint density at radius 1 is 0.600 bits per heavy atom. The van der Waals surface area contributed by atoms with Gasteiger partial charge in [-0.15, -0.1) is 0 Å². The molecule has 1 aliphatic rings. The van der Waals surface area contributed by atoms with Gasteiger partial charge in [0.2, 0.25) is 0 Å². The van der Waals surface area contributed by atoms with Crippen LogP contribution < -0.4 is 9.47 Å². The Morgan fingerprint density at radius 2 is 1.00 bits per heavy atom. The molecule has 204 valence electrons. The molecule has 6 heteroatoms. The zero-order valence-electron chi connectivity index (χ0n) is 22.6. The van der Waals surface area contributed by atoms with E-state index in [1.807, 2.05) is 12.1 Å². The topological polar surface area (TPSA) is 93.1 Å². The first kappa shape index (κ1) is 27.0. The second-order valence-corrected chi connectivity index (χ2v) is 10.1. The molecule has 0 spiro atoms. The van der Waals surface area contributed by atoms with Crippen LogP contribution in [0.25, 0.3) is 0 Å². The number of aromatic hydroxyl groups is 2. The van der Waals surface area contributed by atoms with Crippen molar-refractivity contribution in [3.63, 3.8) is 0 Å². The molecule has 1 aliphatic carbocycles. The van der Waals surface area contributed by atoms with Crippen molar-refractivity contribution < 1.29 is 29.3 Å². The molecule has 6 nitrogen and oxygen atoms in total. The van der Waals surface area contributed by atoms with E-state index in [4.69, 9.17) is 9.47 Å². The zero-order valence-corrected chi connectivity index (χ0v) is 22.6. The first-order valence-corrected chi connectivity index (χ1v) is 13.4. The number of phenols is 2. The highest BCUT2D eigenvalue weighted by molar-refractivity contribution is 6.12. The third-order valence-electron chi connectivity index (χ3n) is 7.94. The molecule has 0 aliphatic heterocycles. The van der Waals surface area contributed by atoms with Crippen LogP contribution >= 0.6 is 0 Å². The maximum absolute atomic E-state index is 13.5. The molecule has 40 heavy (non-hydrogen) atoms. The molecule has 2 N–H and O–H groups in total. The van der Waals surface area contributed by atoms with Gasteiger partial charge < -0.3 is 19.7 Å². The molecular formula is C34H32O6. The quantitative estimate of drug-likeness (QED) is 0.240. The van der Waals surface area contributed by atoms with Gasteiger partial charge >= 0.3 is 0 Å². The van der Waals surface area contributed by atoms with Crippen molar-refractivity contribution in [3.05, 3.63) is 118 Å². The number of carbonyl (C=O) groups excluding carboxylic acids is 2. The van der Waals surface area contributed by atoms with Crippen molar-refractivity contribution in [2.45, 2.75) is 37.5 Å². The van der Waals surface area contributed by atoms with Crippen LogP contribution in [0.15, 0.2) is 84.9 Å². The maximum Gasteiger partial charge on any atom is 0.196 e. The number of carbonyl (C=O) groups is 2. The van der Waals surface area contributed by atoms with E-state index in [0.29, 0.717) is 46.6 Å². The highest BCUT2D eigenvalue weighted by atomic mass is 16.5. The predicted molar refractivity (Wildman–Crippen MR) is 153 cm³/mol. The van der Waals surface area contributed by atoms with Gasteiger partial charge in [-0.1, -0.05) is 79.9 Å². The second-order valence-electron chi connectivity index (χ2n) is 10.1. The number of phenolic OH excluding ortho intramolecular Hbond substituents is 2. The fourth-order valence-corrected chi connectivity index (χ4v) is 6.05. The minimum Gasteiger partial charge on any atom is -0.507 e. The number of benzene rings is 4. The lowest BCUT2D eigenvalue weighted by Crippen LogP contribution is -2.32. The molecule has 1 saturated carbocycles. The number of methoxy groups -OCH3 is 2. The van der Waals surface area contributed by atoms with Crippen LogP contribution in [-0.2, 0) is 5.41 Å². The van der Waals surface area contributed by atoms with Crippen LogP contribution in [-0.4, -0.2) is 36.0 Å². The van der Waals surface area contributed by atoms with E-state index in [1.54, 1.807) is 72.8 Å². The Kier molecular flexibility index (Phi) is 7.60. The van der Waals surface area contributed by atoms with Crippen LogP contribution in [0.2, 0.25) is 0 Å². The smallest absolute Gasteiger partial charge is 0.196 e. The minimum absolute atomic E-state index is 0.141. The van der Waals surface area contributed by atoms with E-state index in [-0.39, 0.29) is 34.2 Å².